The fraction of sp³-hybridized carbons (Fsp3) is 0.875. The fourth-order valence-electron chi connectivity index (χ4n) is 0.774. The van der Waals surface area contributed by atoms with Gasteiger partial charge in [0.25, 0.3) is 0 Å². The molecule has 0 fully saturated rings. The zero-order valence-corrected chi connectivity index (χ0v) is 7.34. The molecule has 0 aromatic rings. The Hall–Kier alpha value is 0.350. The molecule has 9 heavy (non-hydrogen) atoms. The zero-order valence-electron chi connectivity index (χ0n) is 6.52. The average Bonchev–Trinajstić information content (AvgIpc) is 1.91. The van der Waals surface area contributed by atoms with Gasteiger partial charge < -0.3 is 0 Å². The highest BCUT2D eigenvalue weighted by Crippen LogP contribution is 2.17. The molecule has 0 saturated heterocycles. The van der Waals surface area contributed by atoms with Crippen molar-refractivity contribution in [2.75, 3.05) is 5.75 Å². The first-order chi connectivity index (χ1) is 4.35. The van der Waals surface area contributed by atoms with Crippen LogP contribution in [-0.4, -0.2) is 11.0 Å². The molecular weight excluding hydrogens is 128 g/mol. The van der Waals surface area contributed by atoms with Crippen LogP contribution in [0.1, 0.15) is 33.1 Å². The molecule has 0 heterocycles. The van der Waals surface area contributed by atoms with Crippen LogP contribution in [0.2, 0.25) is 0 Å². The van der Waals surface area contributed by atoms with Gasteiger partial charge in [-0.25, -0.2) is 0 Å². The molecule has 55 valence electrons. The molecule has 0 N–H and O–H groups in total. The Kier molecular flexibility index (Phi) is 6.72. The van der Waals surface area contributed by atoms with E-state index in [0.717, 1.165) is 11.7 Å². The molecule has 1 radical (unpaired) electrons. The lowest BCUT2D eigenvalue weighted by molar-refractivity contribution is 0.792. The Morgan fingerprint density at radius 1 is 1.33 bits per heavy atom. The second-order valence-corrected chi connectivity index (χ2v) is 3.57. The molecule has 0 amide bonds. The Bertz CT molecular complexity index is 48.5. The highest BCUT2D eigenvalue weighted by molar-refractivity contribution is 7.99. The third-order valence-corrected chi connectivity index (χ3v) is 3.07. The van der Waals surface area contributed by atoms with Gasteiger partial charge in [-0.05, 0) is 25.0 Å². The van der Waals surface area contributed by atoms with Gasteiger partial charge in [0.1, 0.15) is 0 Å². The van der Waals surface area contributed by atoms with Crippen molar-refractivity contribution >= 4 is 11.8 Å². The molecule has 0 aliphatic rings. The van der Waals surface area contributed by atoms with Crippen molar-refractivity contribution in [1.82, 2.24) is 0 Å². The van der Waals surface area contributed by atoms with Crippen LogP contribution < -0.4 is 0 Å². The first-order valence-electron chi connectivity index (χ1n) is 3.76. The molecule has 0 aromatic carbocycles. The third-order valence-electron chi connectivity index (χ3n) is 1.41. The van der Waals surface area contributed by atoms with Gasteiger partial charge in [0, 0.05) is 5.25 Å². The molecule has 0 nitrogen and oxygen atoms in total. The van der Waals surface area contributed by atoms with E-state index in [-0.39, 0.29) is 0 Å². The van der Waals surface area contributed by atoms with Crippen molar-refractivity contribution in [3.63, 3.8) is 0 Å². The van der Waals surface area contributed by atoms with Crippen LogP contribution in [0.4, 0.5) is 0 Å². The van der Waals surface area contributed by atoms with Crippen LogP contribution in [0.5, 0.6) is 0 Å². The van der Waals surface area contributed by atoms with Crippen LogP contribution in [0.15, 0.2) is 0 Å². The van der Waals surface area contributed by atoms with Gasteiger partial charge in [-0.1, -0.05) is 20.8 Å². The van der Waals surface area contributed by atoms with Gasteiger partial charge >= 0.3 is 0 Å². The zero-order chi connectivity index (χ0) is 7.11. The Labute approximate surface area is 63.4 Å². The van der Waals surface area contributed by atoms with Gasteiger partial charge in [0.2, 0.25) is 0 Å². The average molecular weight is 145 g/mol. The summed E-state index contributed by atoms with van der Waals surface area (Å²) >= 11 is 2.06. The summed E-state index contributed by atoms with van der Waals surface area (Å²) < 4.78 is 0. The van der Waals surface area contributed by atoms with Crippen molar-refractivity contribution in [3.8, 4) is 0 Å². The Morgan fingerprint density at radius 2 is 1.89 bits per heavy atom. The molecule has 0 saturated carbocycles. The van der Waals surface area contributed by atoms with Crippen LogP contribution >= 0.6 is 11.8 Å². The summed E-state index contributed by atoms with van der Waals surface area (Å²) in [5.41, 5.74) is 0. The predicted octanol–water partition coefficient (Wildman–Crippen LogP) is 3.13. The number of thioether (sulfide) groups is 1. The molecule has 0 spiro atoms. The molecule has 0 unspecified atom stereocenters. The van der Waals surface area contributed by atoms with Crippen molar-refractivity contribution in [1.29, 1.82) is 0 Å². The smallest absolute Gasteiger partial charge is 0.00418 e. The maximum atomic E-state index is 3.81. The van der Waals surface area contributed by atoms with Gasteiger partial charge in [-0.2, -0.15) is 11.8 Å². The van der Waals surface area contributed by atoms with Gasteiger partial charge in [-0.3, -0.25) is 0 Å². The minimum Gasteiger partial charge on any atom is -0.159 e. The van der Waals surface area contributed by atoms with Crippen molar-refractivity contribution < 1.29 is 0 Å². The minimum absolute atomic E-state index is 0.881. The van der Waals surface area contributed by atoms with E-state index in [1.807, 2.05) is 0 Å². The fourth-order valence-corrected chi connectivity index (χ4v) is 1.75. The molecule has 0 rings (SSSR count). The summed E-state index contributed by atoms with van der Waals surface area (Å²) in [6.07, 6.45) is 3.68. The first-order valence-corrected chi connectivity index (χ1v) is 4.80. The topological polar surface area (TPSA) is 0 Å². The maximum absolute atomic E-state index is 3.81. The molecule has 0 atom stereocenters. The second-order valence-electron chi connectivity index (χ2n) is 2.16. The summed E-state index contributed by atoms with van der Waals surface area (Å²) in [5, 5.41) is 0.881. The Morgan fingerprint density at radius 3 is 2.22 bits per heavy atom. The van der Waals surface area contributed by atoms with Gasteiger partial charge in [0.15, 0.2) is 0 Å². The predicted molar refractivity (Wildman–Crippen MR) is 46.8 cm³/mol. The SMILES string of the molecule is [CH2]CCSC(CC)CC. The number of hydrogen-bond donors (Lipinski definition) is 0. The van der Waals surface area contributed by atoms with Crippen molar-refractivity contribution in [3.05, 3.63) is 6.92 Å². The summed E-state index contributed by atoms with van der Waals surface area (Å²) in [6.45, 7) is 8.31. The molecule has 0 aliphatic heterocycles. The van der Waals surface area contributed by atoms with E-state index < -0.39 is 0 Å². The molecule has 1 heteroatoms. The van der Waals surface area contributed by atoms with Crippen LogP contribution in [0.3, 0.4) is 0 Å². The van der Waals surface area contributed by atoms with E-state index in [4.69, 9.17) is 0 Å². The Balaban J connectivity index is 3.09. The lowest BCUT2D eigenvalue weighted by Crippen LogP contribution is -1.98. The minimum atomic E-state index is 0.881. The van der Waals surface area contributed by atoms with Gasteiger partial charge in [0.05, 0.1) is 0 Å². The first kappa shape index (κ1) is 9.35. The van der Waals surface area contributed by atoms with E-state index in [9.17, 15) is 0 Å². The molecule has 0 aromatic heterocycles. The van der Waals surface area contributed by atoms with Crippen LogP contribution in [0.25, 0.3) is 0 Å². The van der Waals surface area contributed by atoms with E-state index in [0.29, 0.717) is 0 Å². The molecular formula is C8H17S. The van der Waals surface area contributed by atoms with Crippen molar-refractivity contribution in [2.24, 2.45) is 0 Å². The third kappa shape index (κ3) is 4.83. The van der Waals surface area contributed by atoms with Crippen LogP contribution in [0, 0.1) is 6.92 Å². The quantitative estimate of drug-likeness (QED) is 0.572. The van der Waals surface area contributed by atoms with Crippen LogP contribution in [-0.2, 0) is 0 Å². The van der Waals surface area contributed by atoms with Gasteiger partial charge in [-0.15, -0.1) is 0 Å². The number of rotatable bonds is 5. The summed E-state index contributed by atoms with van der Waals surface area (Å²) in [6, 6.07) is 0. The molecule has 0 bridgehead atoms. The van der Waals surface area contributed by atoms with Crippen molar-refractivity contribution in [2.45, 2.75) is 38.4 Å². The summed E-state index contributed by atoms with van der Waals surface area (Å²) in [4.78, 5) is 0. The summed E-state index contributed by atoms with van der Waals surface area (Å²) in [7, 11) is 0. The lowest BCUT2D eigenvalue weighted by Gasteiger charge is -2.09. The molecule has 0 aliphatic carbocycles. The standard InChI is InChI=1S/C8H17S/c1-4-7-9-8(5-2)6-3/h8H,1,4-7H2,2-3H3. The highest BCUT2D eigenvalue weighted by atomic mass is 32.2. The highest BCUT2D eigenvalue weighted by Gasteiger charge is 2.00. The maximum Gasteiger partial charge on any atom is 0.00418 e. The van der Waals surface area contributed by atoms with E-state index >= 15 is 0 Å². The van der Waals surface area contributed by atoms with E-state index in [1.165, 1.54) is 18.6 Å². The number of hydrogen-bond acceptors (Lipinski definition) is 1. The normalized spacial score (nSPS) is 10.7. The monoisotopic (exact) mass is 145 g/mol. The largest absolute Gasteiger partial charge is 0.159 e. The second kappa shape index (κ2) is 6.47. The lowest BCUT2D eigenvalue weighted by atomic mass is 10.3. The summed E-state index contributed by atoms with van der Waals surface area (Å²) in [5.74, 6) is 1.23. The van der Waals surface area contributed by atoms with E-state index in [2.05, 4.69) is 32.5 Å². The van der Waals surface area contributed by atoms with E-state index in [1.54, 1.807) is 0 Å².